The van der Waals surface area contributed by atoms with E-state index in [1.54, 1.807) is 31.5 Å². The Hall–Kier alpha value is -4.05. The molecule has 1 saturated carbocycles. The van der Waals surface area contributed by atoms with Gasteiger partial charge in [0.05, 0.1) is 67.0 Å². The fourth-order valence-electron chi connectivity index (χ4n) is 5.98. The molecule has 284 valence electrons. The Morgan fingerprint density at radius 3 is 2.30 bits per heavy atom. The van der Waals surface area contributed by atoms with E-state index >= 15 is 4.39 Å². The number of hydrogen-bond donors (Lipinski definition) is 1. The van der Waals surface area contributed by atoms with E-state index in [9.17, 15) is 9.59 Å². The summed E-state index contributed by atoms with van der Waals surface area (Å²) in [4.78, 5) is 39.2. The maximum atomic E-state index is 15.0. The van der Waals surface area contributed by atoms with Crippen LogP contribution in [-0.4, -0.2) is 118 Å². The van der Waals surface area contributed by atoms with Crippen molar-refractivity contribution in [1.82, 2.24) is 25.1 Å². The number of rotatable bonds is 21. The summed E-state index contributed by atoms with van der Waals surface area (Å²) in [6.07, 6.45) is 6.59. The van der Waals surface area contributed by atoms with Gasteiger partial charge in [-0.2, -0.15) is 0 Å². The zero-order valence-electron chi connectivity index (χ0n) is 30.2. The first-order valence-electron chi connectivity index (χ1n) is 18.2. The number of nitrogens with zero attached hydrogens (tertiary/aromatic N) is 4. The quantitative estimate of drug-likeness (QED) is 0.106. The first-order valence-corrected chi connectivity index (χ1v) is 19.1. The number of hydrogen-bond acceptors (Lipinski definition) is 11. The molecule has 1 aromatic carbocycles. The third kappa shape index (κ3) is 12.0. The van der Waals surface area contributed by atoms with E-state index in [4.69, 9.17) is 28.7 Å². The number of piperazine rings is 1. The predicted molar refractivity (Wildman–Crippen MR) is 200 cm³/mol. The van der Waals surface area contributed by atoms with Gasteiger partial charge in [0.1, 0.15) is 11.5 Å². The highest BCUT2D eigenvalue weighted by molar-refractivity contribution is 7.22. The fourth-order valence-corrected chi connectivity index (χ4v) is 7.02. The van der Waals surface area contributed by atoms with Crippen molar-refractivity contribution in [3.63, 3.8) is 0 Å². The lowest BCUT2D eigenvalue weighted by molar-refractivity contribution is -0.118. The van der Waals surface area contributed by atoms with Crippen LogP contribution in [0.4, 0.5) is 9.18 Å². The van der Waals surface area contributed by atoms with Gasteiger partial charge in [-0.25, -0.2) is 9.18 Å². The number of halogens is 1. The molecule has 6 rings (SSSR count). The molecule has 1 aliphatic heterocycles. The highest BCUT2D eigenvalue weighted by Crippen LogP contribution is 2.39. The van der Waals surface area contributed by atoms with Crippen LogP contribution in [0.1, 0.15) is 30.4 Å². The van der Waals surface area contributed by atoms with Crippen LogP contribution in [0.25, 0.3) is 20.8 Å². The molecule has 12 nitrogen and oxygen atoms in total. The van der Waals surface area contributed by atoms with Crippen molar-refractivity contribution in [1.29, 1.82) is 0 Å². The van der Waals surface area contributed by atoms with Gasteiger partial charge in [0, 0.05) is 77.7 Å². The molecule has 0 atom stereocenters. The van der Waals surface area contributed by atoms with E-state index in [-0.39, 0.29) is 24.0 Å². The van der Waals surface area contributed by atoms with E-state index in [0.29, 0.717) is 89.5 Å². The van der Waals surface area contributed by atoms with Crippen LogP contribution < -0.4 is 10.1 Å². The van der Waals surface area contributed by atoms with Crippen molar-refractivity contribution < 1.29 is 37.7 Å². The normalized spacial score (nSPS) is 14.9. The van der Waals surface area contributed by atoms with Crippen LogP contribution in [0.2, 0.25) is 0 Å². The van der Waals surface area contributed by atoms with Gasteiger partial charge < -0.3 is 33.9 Å². The van der Waals surface area contributed by atoms with Crippen molar-refractivity contribution in [2.24, 2.45) is 5.92 Å². The summed E-state index contributed by atoms with van der Waals surface area (Å²) in [5.41, 5.74) is 3.30. The number of carbonyl (C=O) groups excluding carboxylic acids is 2. The molecule has 4 aromatic rings. The molecule has 1 N–H and O–H groups in total. The molecule has 0 radical (unpaired) electrons. The number of Topliss-reactive ketones (excluding diaryl/α,β-unsaturated/α-hetero) is 1. The number of thiophene rings is 1. The van der Waals surface area contributed by atoms with Crippen LogP contribution in [-0.2, 0) is 36.7 Å². The van der Waals surface area contributed by atoms with Crippen LogP contribution in [0.15, 0.2) is 54.9 Å². The van der Waals surface area contributed by atoms with Gasteiger partial charge in [-0.3, -0.25) is 19.7 Å². The van der Waals surface area contributed by atoms with E-state index in [0.717, 1.165) is 58.8 Å². The van der Waals surface area contributed by atoms with Crippen molar-refractivity contribution in [2.45, 2.75) is 32.2 Å². The van der Waals surface area contributed by atoms with Gasteiger partial charge >= 0.3 is 6.03 Å². The topological polar surface area (TPSA) is 125 Å². The predicted octanol–water partition coefficient (Wildman–Crippen LogP) is 5.72. The van der Waals surface area contributed by atoms with E-state index in [1.807, 2.05) is 23.2 Å². The lowest BCUT2D eigenvalue weighted by Crippen LogP contribution is -2.51. The number of benzene rings is 1. The second-order valence-corrected chi connectivity index (χ2v) is 14.3. The van der Waals surface area contributed by atoms with E-state index in [1.165, 1.54) is 17.4 Å². The Morgan fingerprint density at radius 1 is 0.868 bits per heavy atom. The Kier molecular flexibility index (Phi) is 14.5. The van der Waals surface area contributed by atoms with Gasteiger partial charge in [-0.05, 0) is 54.2 Å². The minimum Gasteiger partial charge on any atom is -0.453 e. The minimum atomic E-state index is -0.499. The average molecular weight is 750 g/mol. The zero-order valence-corrected chi connectivity index (χ0v) is 31.0. The minimum absolute atomic E-state index is 0.0785. The third-order valence-electron chi connectivity index (χ3n) is 9.05. The number of nitrogens with one attached hydrogen (secondary N) is 1. The molecule has 14 heteroatoms. The molecule has 2 aliphatic rings. The van der Waals surface area contributed by atoms with Gasteiger partial charge in [-0.1, -0.05) is 12.1 Å². The number of pyridine rings is 2. The maximum absolute atomic E-state index is 15.0. The van der Waals surface area contributed by atoms with Crippen LogP contribution in [0.5, 0.6) is 11.5 Å². The molecule has 4 heterocycles. The Labute approximate surface area is 313 Å². The molecule has 0 spiro atoms. The van der Waals surface area contributed by atoms with E-state index in [2.05, 4.69) is 21.3 Å². The molecule has 0 bridgehead atoms. The second-order valence-electron chi connectivity index (χ2n) is 13.2. The Bertz CT molecular complexity index is 1780. The number of aromatic nitrogens is 2. The summed E-state index contributed by atoms with van der Waals surface area (Å²) in [6, 6.07) is 12.4. The SMILES string of the molecule is COCCOCCOCCOCCNC(=O)N1CCN(Cc2ccc(-c3cc4nccc(Oc5ccc(CC(=O)CC6CC6)cc5F)c4s3)nc2)CC1. The maximum Gasteiger partial charge on any atom is 0.317 e. The highest BCUT2D eigenvalue weighted by atomic mass is 32.1. The largest absolute Gasteiger partial charge is 0.453 e. The number of methoxy groups -OCH3 is 1. The number of urea groups is 1. The molecule has 1 saturated heterocycles. The monoisotopic (exact) mass is 749 g/mol. The van der Waals surface area contributed by atoms with Crippen molar-refractivity contribution in [3.8, 4) is 22.1 Å². The Balaban J connectivity index is 0.912. The molecule has 53 heavy (non-hydrogen) atoms. The first kappa shape index (κ1) is 38.7. The van der Waals surface area contributed by atoms with Gasteiger partial charge in [0.2, 0.25) is 0 Å². The lowest BCUT2D eigenvalue weighted by Gasteiger charge is -2.34. The molecular formula is C39H48FN5O7S. The fraction of sp³-hybridized carbons (Fsp3) is 0.487. The lowest BCUT2D eigenvalue weighted by atomic mass is 10.0. The summed E-state index contributed by atoms with van der Waals surface area (Å²) >= 11 is 1.49. The van der Waals surface area contributed by atoms with Crippen LogP contribution in [0, 0.1) is 11.7 Å². The number of ketones is 1. The van der Waals surface area contributed by atoms with E-state index < -0.39 is 5.82 Å². The number of fused-ring (bicyclic) bond motifs is 1. The average Bonchev–Trinajstić information content (AvgIpc) is 3.87. The van der Waals surface area contributed by atoms with Crippen LogP contribution in [0.3, 0.4) is 0 Å². The van der Waals surface area contributed by atoms with Crippen molar-refractivity contribution >= 4 is 33.4 Å². The van der Waals surface area contributed by atoms with Crippen LogP contribution >= 0.6 is 11.3 Å². The second kappa shape index (κ2) is 19.9. The van der Waals surface area contributed by atoms with Gasteiger partial charge in [0.25, 0.3) is 0 Å². The van der Waals surface area contributed by atoms with Crippen molar-refractivity contribution in [3.05, 3.63) is 71.8 Å². The first-order chi connectivity index (χ1) is 25.9. The summed E-state index contributed by atoms with van der Waals surface area (Å²) < 4.78 is 43.1. The smallest absolute Gasteiger partial charge is 0.317 e. The third-order valence-corrected chi connectivity index (χ3v) is 10.2. The molecule has 2 fully saturated rings. The number of ether oxygens (including phenoxy) is 5. The summed E-state index contributed by atoms with van der Waals surface area (Å²) in [7, 11) is 1.64. The summed E-state index contributed by atoms with van der Waals surface area (Å²) in [5.74, 6) is 0.784. The molecule has 0 unspecified atom stereocenters. The Morgan fingerprint density at radius 2 is 1.60 bits per heavy atom. The highest BCUT2D eigenvalue weighted by Gasteiger charge is 2.25. The molecular weight excluding hydrogens is 702 g/mol. The number of amides is 2. The zero-order chi connectivity index (χ0) is 36.8. The molecule has 3 aromatic heterocycles. The summed E-state index contributed by atoms with van der Waals surface area (Å²) in [5, 5.41) is 2.93. The van der Waals surface area contributed by atoms with Crippen molar-refractivity contribution in [2.75, 3.05) is 86.1 Å². The summed E-state index contributed by atoms with van der Waals surface area (Å²) in [6.45, 7) is 7.53. The van der Waals surface area contributed by atoms with Gasteiger partial charge in [0.15, 0.2) is 11.6 Å². The molecule has 1 aliphatic carbocycles. The standard InChI is InChI=1S/C39H48FN5O7S/c1-48-16-17-50-20-21-51-19-18-49-15-10-42-39(47)45-13-11-44(12-14-45)27-30-4-6-33(43-26-30)37-25-34-38(53-37)36(8-9-41-34)52-35-7-5-29(24-32(35)40)23-31(46)22-28-2-3-28/h4-9,24-26,28H,2-3,10-23,27H2,1H3,(H,42,47). The molecule has 2 amide bonds. The van der Waals surface area contributed by atoms with Gasteiger partial charge in [-0.15, -0.1) is 11.3 Å². The number of carbonyl (C=O) groups is 2.